The second-order valence-corrected chi connectivity index (χ2v) is 7.04. The highest BCUT2D eigenvalue weighted by atomic mass is 16.5. The zero-order valence-electron chi connectivity index (χ0n) is 15.3. The van der Waals surface area contributed by atoms with Crippen LogP contribution in [0.3, 0.4) is 0 Å². The lowest BCUT2D eigenvalue weighted by atomic mass is 10.0. The molecule has 1 aliphatic heterocycles. The van der Waals surface area contributed by atoms with E-state index in [0.29, 0.717) is 19.7 Å². The van der Waals surface area contributed by atoms with Gasteiger partial charge in [-0.05, 0) is 38.1 Å². The monoisotopic (exact) mass is 370 g/mol. The number of aromatic carboxylic acids is 1. The topological polar surface area (TPSA) is 89.0 Å². The van der Waals surface area contributed by atoms with Gasteiger partial charge in [0.2, 0.25) is 0 Å². The van der Waals surface area contributed by atoms with Gasteiger partial charge < -0.3 is 19.5 Å². The Morgan fingerprint density at radius 3 is 2.74 bits per heavy atom. The van der Waals surface area contributed by atoms with Crippen LogP contribution >= 0.6 is 0 Å². The maximum atomic E-state index is 12.9. The fourth-order valence-corrected chi connectivity index (χ4v) is 3.09. The van der Waals surface area contributed by atoms with Gasteiger partial charge in [0, 0.05) is 12.7 Å². The average Bonchev–Trinajstić information content (AvgIpc) is 2.65. The van der Waals surface area contributed by atoms with Crippen molar-refractivity contribution in [2.24, 2.45) is 0 Å². The van der Waals surface area contributed by atoms with Crippen molar-refractivity contribution in [3.8, 4) is 5.75 Å². The molecule has 0 aliphatic carbocycles. The molecule has 1 aromatic heterocycles. The number of carboxylic acid groups (broad SMARTS) is 1. The highest BCUT2D eigenvalue weighted by molar-refractivity contribution is 5.95. The van der Waals surface area contributed by atoms with Crippen LogP contribution in [0.5, 0.6) is 5.75 Å². The molecule has 7 heteroatoms. The molecule has 1 N–H and O–H groups in total. The number of para-hydroxylation sites is 1. The third kappa shape index (κ3) is 4.83. The van der Waals surface area contributed by atoms with E-state index >= 15 is 0 Å². The van der Waals surface area contributed by atoms with Crippen LogP contribution in [-0.2, 0) is 4.74 Å². The van der Waals surface area contributed by atoms with Gasteiger partial charge >= 0.3 is 5.97 Å². The van der Waals surface area contributed by atoms with E-state index in [9.17, 15) is 9.59 Å². The van der Waals surface area contributed by atoms with Crippen molar-refractivity contribution >= 4 is 11.9 Å². The van der Waals surface area contributed by atoms with Gasteiger partial charge in [-0.1, -0.05) is 18.2 Å². The van der Waals surface area contributed by atoms with Gasteiger partial charge in [0.25, 0.3) is 5.91 Å². The van der Waals surface area contributed by atoms with Crippen molar-refractivity contribution in [1.82, 2.24) is 9.88 Å². The van der Waals surface area contributed by atoms with E-state index in [2.05, 4.69) is 4.98 Å². The quantitative estimate of drug-likeness (QED) is 0.870. The molecule has 3 rings (SSSR count). The van der Waals surface area contributed by atoms with E-state index in [4.69, 9.17) is 14.6 Å². The van der Waals surface area contributed by atoms with E-state index in [0.717, 1.165) is 5.75 Å². The number of morpholine rings is 1. The summed E-state index contributed by atoms with van der Waals surface area (Å²) in [6, 6.07) is 12.1. The third-order valence-corrected chi connectivity index (χ3v) is 4.17. The van der Waals surface area contributed by atoms with E-state index < -0.39 is 11.6 Å². The van der Waals surface area contributed by atoms with Gasteiger partial charge in [-0.2, -0.15) is 0 Å². The summed E-state index contributed by atoms with van der Waals surface area (Å²) in [7, 11) is 0. The molecule has 2 aromatic rings. The Balaban J connectivity index is 1.71. The number of ether oxygens (including phenoxy) is 2. The first-order chi connectivity index (χ1) is 12.8. The van der Waals surface area contributed by atoms with Crippen molar-refractivity contribution in [2.75, 3.05) is 19.7 Å². The van der Waals surface area contributed by atoms with Gasteiger partial charge in [-0.3, -0.25) is 9.78 Å². The maximum Gasteiger partial charge on any atom is 0.335 e. The minimum atomic E-state index is -1.09. The molecule has 1 saturated heterocycles. The van der Waals surface area contributed by atoms with Gasteiger partial charge in [0.15, 0.2) is 0 Å². The van der Waals surface area contributed by atoms with Crippen LogP contribution in [0.25, 0.3) is 0 Å². The number of rotatable bonds is 5. The molecule has 142 valence electrons. The Morgan fingerprint density at radius 1 is 1.30 bits per heavy atom. The summed E-state index contributed by atoms with van der Waals surface area (Å²) in [5.74, 6) is -0.680. The molecule has 27 heavy (non-hydrogen) atoms. The first-order valence-corrected chi connectivity index (χ1v) is 8.68. The Labute approximate surface area is 157 Å². The SMILES string of the molecule is CC1(C)CN(C(=O)c2cc(C(=O)O)ccn2)CC(COc2ccccc2)O1. The number of carbonyl (C=O) groups excluding carboxylic acids is 1. The predicted octanol–water partition coefficient (Wildman–Crippen LogP) is 2.48. The zero-order chi connectivity index (χ0) is 19.4. The number of hydrogen-bond donors (Lipinski definition) is 1. The van der Waals surface area contributed by atoms with Crippen LogP contribution in [0.1, 0.15) is 34.7 Å². The van der Waals surface area contributed by atoms with E-state index in [1.54, 1.807) is 4.90 Å². The number of benzene rings is 1. The lowest BCUT2D eigenvalue weighted by molar-refractivity contribution is -0.136. The van der Waals surface area contributed by atoms with Crippen LogP contribution in [-0.4, -0.2) is 58.3 Å². The van der Waals surface area contributed by atoms with Crippen LogP contribution in [0, 0.1) is 0 Å². The molecular weight excluding hydrogens is 348 g/mol. The molecule has 1 aliphatic rings. The summed E-state index contributed by atoms with van der Waals surface area (Å²) < 4.78 is 11.8. The Bertz CT molecular complexity index is 822. The molecular formula is C20H22N2O5. The molecule has 1 fully saturated rings. The second kappa shape index (κ2) is 7.75. The van der Waals surface area contributed by atoms with Crippen molar-refractivity contribution < 1.29 is 24.2 Å². The molecule has 1 amide bonds. The number of nitrogens with zero attached hydrogens (tertiary/aromatic N) is 2. The van der Waals surface area contributed by atoms with Gasteiger partial charge in [0.05, 0.1) is 17.7 Å². The van der Waals surface area contributed by atoms with Crippen LogP contribution in [0.4, 0.5) is 0 Å². The zero-order valence-corrected chi connectivity index (χ0v) is 15.3. The highest BCUT2D eigenvalue weighted by Crippen LogP contribution is 2.23. The fourth-order valence-electron chi connectivity index (χ4n) is 3.09. The first kappa shape index (κ1) is 18.8. The number of pyridine rings is 1. The molecule has 0 spiro atoms. The summed E-state index contributed by atoms with van der Waals surface area (Å²) in [5, 5.41) is 9.12. The van der Waals surface area contributed by atoms with Crippen LogP contribution < -0.4 is 4.74 Å². The molecule has 1 atom stereocenters. The molecule has 1 aromatic carbocycles. The maximum absolute atomic E-state index is 12.9. The van der Waals surface area contributed by atoms with E-state index in [1.165, 1.54) is 18.3 Å². The molecule has 0 bridgehead atoms. The largest absolute Gasteiger partial charge is 0.491 e. The summed E-state index contributed by atoms with van der Waals surface area (Å²) in [5.41, 5.74) is -0.414. The van der Waals surface area contributed by atoms with Crippen molar-refractivity contribution in [3.63, 3.8) is 0 Å². The number of hydrogen-bond acceptors (Lipinski definition) is 5. The molecule has 0 radical (unpaired) electrons. The normalized spacial score (nSPS) is 18.7. The Kier molecular flexibility index (Phi) is 5.41. The molecule has 1 unspecified atom stereocenters. The van der Waals surface area contributed by atoms with Crippen molar-refractivity contribution in [1.29, 1.82) is 0 Å². The number of carbonyl (C=O) groups is 2. The molecule has 7 nitrogen and oxygen atoms in total. The predicted molar refractivity (Wildman–Crippen MR) is 98.0 cm³/mol. The number of amides is 1. The van der Waals surface area contributed by atoms with E-state index in [-0.39, 0.29) is 23.3 Å². The summed E-state index contributed by atoms with van der Waals surface area (Å²) in [6.45, 7) is 4.84. The minimum Gasteiger partial charge on any atom is -0.491 e. The lowest BCUT2D eigenvalue weighted by Crippen LogP contribution is -2.56. The number of carboxylic acids is 1. The van der Waals surface area contributed by atoms with Gasteiger partial charge in [-0.25, -0.2) is 4.79 Å². The van der Waals surface area contributed by atoms with Gasteiger partial charge in [-0.15, -0.1) is 0 Å². The highest BCUT2D eigenvalue weighted by Gasteiger charge is 2.36. The standard InChI is InChI=1S/C20H22N2O5/c1-20(2)13-22(18(23)17-10-14(19(24)25)8-9-21-17)11-16(27-20)12-26-15-6-4-3-5-7-15/h3-10,16H,11-13H2,1-2H3,(H,24,25). The van der Waals surface area contributed by atoms with Crippen molar-refractivity contribution in [2.45, 2.75) is 25.6 Å². The minimum absolute atomic E-state index is 0.0323. The van der Waals surface area contributed by atoms with Crippen LogP contribution in [0.2, 0.25) is 0 Å². The van der Waals surface area contributed by atoms with Crippen molar-refractivity contribution in [3.05, 3.63) is 59.9 Å². The third-order valence-electron chi connectivity index (χ3n) is 4.17. The summed E-state index contributed by atoms with van der Waals surface area (Å²) >= 11 is 0. The Morgan fingerprint density at radius 2 is 2.04 bits per heavy atom. The molecule has 0 saturated carbocycles. The summed E-state index contributed by atoms with van der Waals surface area (Å²) in [4.78, 5) is 29.7. The smallest absolute Gasteiger partial charge is 0.335 e. The van der Waals surface area contributed by atoms with E-state index in [1.807, 2.05) is 44.2 Å². The fraction of sp³-hybridized carbons (Fsp3) is 0.350. The lowest BCUT2D eigenvalue weighted by Gasteiger charge is -2.42. The first-order valence-electron chi connectivity index (χ1n) is 8.68. The van der Waals surface area contributed by atoms with Gasteiger partial charge in [0.1, 0.15) is 24.2 Å². The average molecular weight is 370 g/mol. The molecule has 2 heterocycles. The Hall–Kier alpha value is -2.93. The van der Waals surface area contributed by atoms with Crippen LogP contribution in [0.15, 0.2) is 48.7 Å². The second-order valence-electron chi connectivity index (χ2n) is 7.04. The number of aromatic nitrogens is 1. The summed E-state index contributed by atoms with van der Waals surface area (Å²) in [6.07, 6.45) is 1.03.